The van der Waals surface area contributed by atoms with E-state index in [1.54, 1.807) is 0 Å². The zero-order chi connectivity index (χ0) is 14.1. The van der Waals surface area contributed by atoms with Crippen molar-refractivity contribution in [3.05, 3.63) is 54.0 Å². The van der Waals surface area contributed by atoms with Crippen LogP contribution in [0.2, 0.25) is 0 Å². The van der Waals surface area contributed by atoms with E-state index in [2.05, 4.69) is 9.88 Å². The van der Waals surface area contributed by atoms with E-state index in [0.717, 1.165) is 33.9 Å². The van der Waals surface area contributed by atoms with Crippen LogP contribution in [-0.2, 0) is 6.54 Å². The molecule has 0 atom stereocenters. The maximum atomic E-state index is 5.78. The highest BCUT2D eigenvalue weighted by Gasteiger charge is 2.07. The fraction of sp³-hybridized carbons (Fsp3) is 0.188. The van der Waals surface area contributed by atoms with Crippen molar-refractivity contribution < 1.29 is 4.42 Å². The Morgan fingerprint density at radius 1 is 1.15 bits per heavy atom. The molecule has 0 saturated heterocycles. The van der Waals surface area contributed by atoms with E-state index >= 15 is 0 Å². The first-order chi connectivity index (χ1) is 9.61. The summed E-state index contributed by atoms with van der Waals surface area (Å²) in [5.41, 5.74) is 7.48. The van der Waals surface area contributed by atoms with Gasteiger partial charge in [-0.15, -0.1) is 0 Å². The van der Waals surface area contributed by atoms with Gasteiger partial charge in [0.05, 0.1) is 12.1 Å². The van der Waals surface area contributed by atoms with Gasteiger partial charge in [0.2, 0.25) is 0 Å². The summed E-state index contributed by atoms with van der Waals surface area (Å²) in [5, 5.41) is 1.05. The molecule has 0 amide bonds. The molecule has 0 aliphatic heterocycles. The minimum atomic E-state index is 0.696. The van der Waals surface area contributed by atoms with Crippen molar-refractivity contribution in [2.75, 3.05) is 17.7 Å². The number of hydrogen-bond acceptors (Lipinski definition) is 4. The van der Waals surface area contributed by atoms with Gasteiger partial charge in [-0.25, -0.2) is 4.98 Å². The molecule has 3 aromatic rings. The molecule has 0 fully saturated rings. The Kier molecular flexibility index (Phi) is 3.06. The van der Waals surface area contributed by atoms with Crippen LogP contribution in [0.25, 0.3) is 10.9 Å². The number of rotatable bonds is 3. The third-order valence-corrected chi connectivity index (χ3v) is 3.28. The minimum absolute atomic E-state index is 0.696. The lowest BCUT2D eigenvalue weighted by atomic mass is 10.2. The lowest BCUT2D eigenvalue weighted by Gasteiger charge is -2.17. The van der Waals surface area contributed by atoms with Crippen LogP contribution in [-0.4, -0.2) is 12.0 Å². The number of aromatic nitrogens is 1. The molecule has 20 heavy (non-hydrogen) atoms. The van der Waals surface area contributed by atoms with Crippen molar-refractivity contribution >= 4 is 22.4 Å². The molecule has 102 valence electrons. The fourth-order valence-corrected chi connectivity index (χ4v) is 2.23. The number of benzene rings is 1. The summed E-state index contributed by atoms with van der Waals surface area (Å²) in [6, 6.07) is 13.7. The second-order valence-corrected chi connectivity index (χ2v) is 4.99. The molecule has 4 heteroatoms. The normalized spacial score (nSPS) is 10.9. The van der Waals surface area contributed by atoms with Gasteiger partial charge >= 0.3 is 0 Å². The lowest BCUT2D eigenvalue weighted by molar-refractivity contribution is 0.481. The quantitative estimate of drug-likeness (QED) is 0.739. The van der Waals surface area contributed by atoms with Crippen molar-refractivity contribution in [2.45, 2.75) is 13.5 Å². The van der Waals surface area contributed by atoms with Crippen LogP contribution in [0, 0.1) is 6.92 Å². The zero-order valence-electron chi connectivity index (χ0n) is 11.6. The molecule has 0 unspecified atom stereocenters. The van der Waals surface area contributed by atoms with Crippen molar-refractivity contribution in [1.29, 1.82) is 0 Å². The average Bonchev–Trinajstić information content (AvgIpc) is 2.83. The van der Waals surface area contributed by atoms with E-state index in [-0.39, 0.29) is 0 Å². The molecule has 0 bridgehead atoms. The number of nitrogens with zero attached hydrogens (tertiary/aromatic N) is 2. The summed E-state index contributed by atoms with van der Waals surface area (Å²) < 4.78 is 5.59. The Bertz CT molecular complexity index is 748. The van der Waals surface area contributed by atoms with Crippen LogP contribution >= 0.6 is 0 Å². The second-order valence-electron chi connectivity index (χ2n) is 4.99. The molecule has 3 rings (SSSR count). The summed E-state index contributed by atoms with van der Waals surface area (Å²) in [5.74, 6) is 2.77. The maximum Gasteiger partial charge on any atom is 0.129 e. The lowest BCUT2D eigenvalue weighted by Crippen LogP contribution is -2.17. The third-order valence-electron chi connectivity index (χ3n) is 3.28. The first-order valence-electron chi connectivity index (χ1n) is 6.54. The third kappa shape index (κ3) is 2.45. The first-order valence-corrected chi connectivity index (χ1v) is 6.54. The van der Waals surface area contributed by atoms with Gasteiger partial charge in [-0.2, -0.15) is 0 Å². The van der Waals surface area contributed by atoms with Gasteiger partial charge in [-0.3, -0.25) is 0 Å². The predicted molar refractivity (Wildman–Crippen MR) is 81.7 cm³/mol. The van der Waals surface area contributed by atoms with Crippen LogP contribution < -0.4 is 10.6 Å². The SMILES string of the molecule is Cc1ccc(CN(C)c2ccc3cc(N)ccc3n2)o1. The van der Waals surface area contributed by atoms with Crippen molar-refractivity contribution in [2.24, 2.45) is 0 Å². The summed E-state index contributed by atoms with van der Waals surface area (Å²) in [6.45, 7) is 2.64. The number of pyridine rings is 1. The summed E-state index contributed by atoms with van der Waals surface area (Å²) in [4.78, 5) is 6.71. The number of nitrogen functional groups attached to an aromatic ring is 1. The van der Waals surface area contributed by atoms with Gasteiger partial charge in [-0.1, -0.05) is 0 Å². The number of fused-ring (bicyclic) bond motifs is 1. The predicted octanol–water partition coefficient (Wildman–Crippen LogP) is 3.35. The van der Waals surface area contributed by atoms with Gasteiger partial charge in [0, 0.05) is 18.1 Å². The average molecular weight is 267 g/mol. The van der Waals surface area contributed by atoms with E-state index in [1.165, 1.54) is 0 Å². The molecule has 4 nitrogen and oxygen atoms in total. The Labute approximate surface area is 117 Å². The Morgan fingerprint density at radius 3 is 2.75 bits per heavy atom. The molecule has 0 saturated carbocycles. The first kappa shape index (κ1) is 12.5. The van der Waals surface area contributed by atoms with Gasteiger partial charge in [-0.05, 0) is 49.4 Å². The van der Waals surface area contributed by atoms with Gasteiger partial charge in [0.1, 0.15) is 17.3 Å². The van der Waals surface area contributed by atoms with Crippen molar-refractivity contribution in [1.82, 2.24) is 4.98 Å². The fourth-order valence-electron chi connectivity index (χ4n) is 2.23. The van der Waals surface area contributed by atoms with Gasteiger partial charge in [0.25, 0.3) is 0 Å². The largest absolute Gasteiger partial charge is 0.464 e. The molecule has 2 heterocycles. The molecule has 0 aliphatic carbocycles. The van der Waals surface area contributed by atoms with E-state index in [9.17, 15) is 0 Å². The highest BCUT2D eigenvalue weighted by Crippen LogP contribution is 2.21. The molecule has 1 aromatic carbocycles. The zero-order valence-corrected chi connectivity index (χ0v) is 11.6. The number of nitrogens with two attached hydrogens (primary N) is 1. The number of hydrogen-bond donors (Lipinski definition) is 1. The molecule has 0 aliphatic rings. The van der Waals surface area contributed by atoms with E-state index in [0.29, 0.717) is 6.54 Å². The molecule has 2 N–H and O–H groups in total. The topological polar surface area (TPSA) is 55.3 Å². The van der Waals surface area contributed by atoms with E-state index in [4.69, 9.17) is 10.2 Å². The monoisotopic (exact) mass is 267 g/mol. The Hall–Kier alpha value is -2.49. The van der Waals surface area contributed by atoms with Crippen LogP contribution in [0.1, 0.15) is 11.5 Å². The molecular formula is C16H17N3O. The van der Waals surface area contributed by atoms with Crippen LogP contribution in [0.3, 0.4) is 0 Å². The number of aryl methyl sites for hydroxylation is 1. The van der Waals surface area contributed by atoms with Crippen molar-refractivity contribution in [3.63, 3.8) is 0 Å². The summed E-state index contributed by atoms with van der Waals surface area (Å²) in [7, 11) is 2.00. The number of anilines is 2. The highest BCUT2D eigenvalue weighted by molar-refractivity contribution is 5.83. The minimum Gasteiger partial charge on any atom is -0.464 e. The smallest absolute Gasteiger partial charge is 0.129 e. The Morgan fingerprint density at radius 2 is 2.00 bits per heavy atom. The maximum absolute atomic E-state index is 5.78. The van der Waals surface area contributed by atoms with Gasteiger partial charge < -0.3 is 15.1 Å². The van der Waals surface area contributed by atoms with Gasteiger partial charge in [0.15, 0.2) is 0 Å². The molecular weight excluding hydrogens is 250 g/mol. The summed E-state index contributed by atoms with van der Waals surface area (Å²) >= 11 is 0. The molecule has 0 radical (unpaired) electrons. The standard InChI is InChI=1S/C16H17N3O/c1-11-3-6-14(20-11)10-19(2)16-8-4-12-9-13(17)5-7-15(12)18-16/h3-9H,10,17H2,1-2H3. The molecule has 0 spiro atoms. The van der Waals surface area contributed by atoms with Crippen LogP contribution in [0.5, 0.6) is 0 Å². The summed E-state index contributed by atoms with van der Waals surface area (Å²) in [6.07, 6.45) is 0. The number of furan rings is 1. The van der Waals surface area contributed by atoms with E-state index in [1.807, 2.05) is 56.4 Å². The van der Waals surface area contributed by atoms with Crippen LogP contribution in [0.4, 0.5) is 11.5 Å². The Balaban J connectivity index is 1.87. The van der Waals surface area contributed by atoms with Crippen molar-refractivity contribution in [3.8, 4) is 0 Å². The highest BCUT2D eigenvalue weighted by atomic mass is 16.3. The second kappa shape index (κ2) is 4.89. The van der Waals surface area contributed by atoms with E-state index < -0.39 is 0 Å². The molecule has 2 aromatic heterocycles. The van der Waals surface area contributed by atoms with Crippen LogP contribution in [0.15, 0.2) is 46.9 Å².